The van der Waals surface area contributed by atoms with Gasteiger partial charge in [-0.3, -0.25) is 29.7 Å². The van der Waals surface area contributed by atoms with Gasteiger partial charge in [-0.25, -0.2) is 0 Å². The number of piperidine rings is 2. The van der Waals surface area contributed by atoms with E-state index in [-0.39, 0.29) is 29.6 Å². The number of nitrogens with one attached hydrogen (secondary N) is 2. The molecule has 2 fully saturated rings. The second kappa shape index (κ2) is 8.80. The Morgan fingerprint density at radius 3 is 2.74 bits per heavy atom. The predicted molar refractivity (Wildman–Crippen MR) is 138 cm³/mol. The van der Waals surface area contributed by atoms with Crippen molar-refractivity contribution in [2.45, 2.75) is 50.2 Å². The molecule has 0 bridgehead atoms. The van der Waals surface area contributed by atoms with Gasteiger partial charge in [-0.2, -0.15) is 5.10 Å². The summed E-state index contributed by atoms with van der Waals surface area (Å²) < 4.78 is 6.17. The molecule has 5 heterocycles. The van der Waals surface area contributed by atoms with Gasteiger partial charge >= 0.3 is 0 Å². The van der Waals surface area contributed by atoms with E-state index in [1.54, 1.807) is 4.90 Å². The zero-order valence-corrected chi connectivity index (χ0v) is 21.0. The average Bonchev–Trinajstić information content (AvgIpc) is 3.65. The number of rotatable bonds is 4. The SMILES string of the molecule is O=C1CCC(N2Cc3cc4c(cc3C2=O)OCC42CCN(Cc3cccc(-c4cn[nH]c4)c3)CC2)C(=O)N1. The maximum absolute atomic E-state index is 13.2. The second-order valence-corrected chi connectivity index (χ2v) is 10.9. The van der Waals surface area contributed by atoms with Gasteiger partial charge in [0.25, 0.3) is 5.91 Å². The van der Waals surface area contributed by atoms with Gasteiger partial charge in [-0.15, -0.1) is 0 Å². The Balaban J connectivity index is 1.06. The van der Waals surface area contributed by atoms with Crippen molar-refractivity contribution in [2.24, 2.45) is 0 Å². The van der Waals surface area contributed by atoms with Crippen LogP contribution in [0.25, 0.3) is 11.1 Å². The largest absolute Gasteiger partial charge is 0.492 e. The van der Waals surface area contributed by atoms with E-state index in [1.807, 2.05) is 18.5 Å². The average molecular weight is 512 g/mol. The molecule has 9 heteroatoms. The Hall–Kier alpha value is -3.98. The Morgan fingerprint density at radius 1 is 1.08 bits per heavy atom. The van der Waals surface area contributed by atoms with Crippen LogP contribution >= 0.6 is 0 Å². The second-order valence-electron chi connectivity index (χ2n) is 10.9. The van der Waals surface area contributed by atoms with E-state index in [2.05, 4.69) is 50.7 Å². The van der Waals surface area contributed by atoms with Gasteiger partial charge in [0.2, 0.25) is 11.8 Å². The normalized spacial score (nSPS) is 22.4. The highest BCUT2D eigenvalue weighted by molar-refractivity contribution is 6.05. The minimum Gasteiger partial charge on any atom is -0.492 e. The summed E-state index contributed by atoms with van der Waals surface area (Å²) in [7, 11) is 0. The van der Waals surface area contributed by atoms with E-state index in [0.717, 1.165) is 54.9 Å². The molecule has 3 aromatic rings. The minimum atomic E-state index is -0.604. The number of fused-ring (bicyclic) bond motifs is 3. The van der Waals surface area contributed by atoms with Crippen molar-refractivity contribution in [1.82, 2.24) is 25.3 Å². The number of amides is 3. The fraction of sp³-hybridized carbons (Fsp3) is 0.379. The topological polar surface area (TPSA) is 108 Å². The van der Waals surface area contributed by atoms with E-state index in [9.17, 15) is 14.4 Å². The molecule has 194 valence electrons. The van der Waals surface area contributed by atoms with Crippen molar-refractivity contribution in [2.75, 3.05) is 19.7 Å². The Labute approximate surface area is 220 Å². The molecule has 0 saturated carbocycles. The van der Waals surface area contributed by atoms with Gasteiger partial charge in [0, 0.05) is 47.8 Å². The van der Waals surface area contributed by atoms with Crippen molar-refractivity contribution in [1.29, 1.82) is 0 Å². The monoisotopic (exact) mass is 511 g/mol. The molecule has 0 radical (unpaired) electrons. The van der Waals surface area contributed by atoms with Crippen molar-refractivity contribution in [3.8, 4) is 16.9 Å². The van der Waals surface area contributed by atoms with Crippen LogP contribution in [0.15, 0.2) is 48.8 Å². The fourth-order valence-electron chi connectivity index (χ4n) is 6.49. The highest BCUT2D eigenvalue weighted by Gasteiger charge is 2.46. The van der Waals surface area contributed by atoms with Crippen LogP contribution in [0.5, 0.6) is 5.75 Å². The number of imide groups is 1. The number of H-pyrrole nitrogens is 1. The molecule has 9 nitrogen and oxygen atoms in total. The predicted octanol–water partition coefficient (Wildman–Crippen LogP) is 2.76. The highest BCUT2D eigenvalue weighted by Crippen LogP contribution is 2.48. The number of benzene rings is 2. The summed E-state index contributed by atoms with van der Waals surface area (Å²) in [5.41, 5.74) is 6.24. The highest BCUT2D eigenvalue weighted by atomic mass is 16.5. The zero-order chi connectivity index (χ0) is 25.9. The summed E-state index contributed by atoms with van der Waals surface area (Å²) in [6, 6.07) is 12.0. The smallest absolute Gasteiger partial charge is 0.255 e. The van der Waals surface area contributed by atoms with Crippen LogP contribution < -0.4 is 10.1 Å². The lowest BCUT2D eigenvalue weighted by atomic mass is 9.74. The molecule has 0 aliphatic carbocycles. The first-order valence-electron chi connectivity index (χ1n) is 13.2. The van der Waals surface area contributed by atoms with Gasteiger partial charge in [-0.05, 0) is 67.2 Å². The van der Waals surface area contributed by atoms with Crippen LogP contribution in [-0.2, 0) is 28.1 Å². The van der Waals surface area contributed by atoms with Gasteiger partial charge in [0.05, 0.1) is 12.8 Å². The standard InChI is InChI=1S/C29H29N5O4/c35-26-5-4-24(27(36)32-26)34-16-20-11-23-25(12-22(20)28(34)37)38-17-29(23)6-8-33(9-7-29)15-18-2-1-3-19(10-18)21-13-30-31-14-21/h1-3,10-14,24H,4-9,15-17H2,(H,30,31)(H,32,35,36). The number of hydrogen-bond acceptors (Lipinski definition) is 6. The number of likely N-dealkylation sites (tertiary alicyclic amines) is 1. The molecule has 4 aliphatic rings. The van der Waals surface area contributed by atoms with Crippen LogP contribution in [0.3, 0.4) is 0 Å². The van der Waals surface area contributed by atoms with E-state index in [0.29, 0.717) is 25.1 Å². The molecule has 4 aliphatic heterocycles. The molecule has 2 N–H and O–H groups in total. The maximum Gasteiger partial charge on any atom is 0.255 e. The lowest BCUT2D eigenvalue weighted by Crippen LogP contribution is -2.52. The molecule has 2 aromatic carbocycles. The molecule has 38 heavy (non-hydrogen) atoms. The number of nitrogens with zero attached hydrogens (tertiary/aromatic N) is 3. The molecule has 1 aromatic heterocycles. The summed E-state index contributed by atoms with van der Waals surface area (Å²) >= 11 is 0. The first-order chi connectivity index (χ1) is 18.5. The van der Waals surface area contributed by atoms with Gasteiger partial charge in [0.15, 0.2) is 0 Å². The Bertz CT molecular complexity index is 1440. The molecule has 3 amide bonds. The summed E-state index contributed by atoms with van der Waals surface area (Å²) in [4.78, 5) is 41.3. The van der Waals surface area contributed by atoms with Crippen molar-refractivity contribution in [3.63, 3.8) is 0 Å². The van der Waals surface area contributed by atoms with E-state index in [4.69, 9.17) is 4.74 Å². The van der Waals surface area contributed by atoms with Crippen LogP contribution in [0.1, 0.15) is 52.7 Å². The quantitative estimate of drug-likeness (QED) is 0.522. The number of carbonyl (C=O) groups excluding carboxylic acids is 3. The third-order valence-corrected chi connectivity index (χ3v) is 8.68. The molecule has 1 unspecified atom stereocenters. The summed E-state index contributed by atoms with van der Waals surface area (Å²) in [6.07, 6.45) is 6.36. The molecule has 1 atom stereocenters. The third-order valence-electron chi connectivity index (χ3n) is 8.68. The number of aromatic nitrogens is 2. The van der Waals surface area contributed by atoms with Gasteiger partial charge in [0.1, 0.15) is 11.8 Å². The number of ether oxygens (including phenoxy) is 1. The third kappa shape index (κ3) is 3.80. The summed E-state index contributed by atoms with van der Waals surface area (Å²) in [5.74, 6) is -0.0233. The lowest BCUT2D eigenvalue weighted by Gasteiger charge is -2.38. The number of aromatic amines is 1. The van der Waals surface area contributed by atoms with Crippen molar-refractivity contribution in [3.05, 3.63) is 71.0 Å². The fourth-order valence-corrected chi connectivity index (χ4v) is 6.49. The first-order valence-corrected chi connectivity index (χ1v) is 13.2. The maximum atomic E-state index is 13.2. The number of carbonyl (C=O) groups is 3. The summed E-state index contributed by atoms with van der Waals surface area (Å²) in [6.45, 7) is 3.87. The van der Waals surface area contributed by atoms with Gasteiger partial charge in [-0.1, -0.05) is 18.2 Å². The van der Waals surface area contributed by atoms with E-state index < -0.39 is 6.04 Å². The van der Waals surface area contributed by atoms with Crippen molar-refractivity contribution < 1.29 is 19.1 Å². The van der Waals surface area contributed by atoms with Crippen LogP contribution in [-0.4, -0.2) is 63.5 Å². The molecular formula is C29H29N5O4. The Kier molecular flexibility index (Phi) is 5.36. The van der Waals surface area contributed by atoms with Crippen molar-refractivity contribution >= 4 is 17.7 Å². The van der Waals surface area contributed by atoms with Crippen LogP contribution in [0.2, 0.25) is 0 Å². The number of hydrogen-bond donors (Lipinski definition) is 2. The van der Waals surface area contributed by atoms with E-state index >= 15 is 0 Å². The molecule has 7 rings (SSSR count). The zero-order valence-electron chi connectivity index (χ0n) is 21.0. The molecular weight excluding hydrogens is 482 g/mol. The first kappa shape index (κ1) is 23.2. The summed E-state index contributed by atoms with van der Waals surface area (Å²) in [5, 5.41) is 9.32. The lowest BCUT2D eigenvalue weighted by molar-refractivity contribution is -0.136. The van der Waals surface area contributed by atoms with E-state index in [1.165, 1.54) is 11.1 Å². The van der Waals surface area contributed by atoms with Gasteiger partial charge < -0.3 is 9.64 Å². The van der Waals surface area contributed by atoms with Crippen LogP contribution in [0, 0.1) is 0 Å². The minimum absolute atomic E-state index is 0.0510. The van der Waals surface area contributed by atoms with Crippen LogP contribution in [0.4, 0.5) is 0 Å². The Morgan fingerprint density at radius 2 is 1.95 bits per heavy atom. The molecule has 2 saturated heterocycles. The molecule has 1 spiro atoms.